The van der Waals surface area contributed by atoms with Crippen molar-refractivity contribution in [2.75, 3.05) is 0 Å². The van der Waals surface area contributed by atoms with E-state index >= 15 is 0 Å². The Morgan fingerprint density at radius 2 is 1.93 bits per heavy atom. The Kier molecular flexibility index (Phi) is 2.06. The van der Waals surface area contributed by atoms with E-state index in [0.29, 0.717) is 17.2 Å². The molecule has 1 aromatic rings. The molecule has 15 heavy (non-hydrogen) atoms. The van der Waals surface area contributed by atoms with E-state index in [4.69, 9.17) is 0 Å². The lowest BCUT2D eigenvalue weighted by molar-refractivity contribution is -0.274. The molecule has 0 saturated heterocycles. The molecule has 1 aliphatic rings. The van der Waals surface area contributed by atoms with Gasteiger partial charge in [-0.1, -0.05) is 0 Å². The zero-order valence-electron chi connectivity index (χ0n) is 7.67. The highest BCUT2D eigenvalue weighted by molar-refractivity contribution is 5.94. The molecule has 0 atom stereocenters. The molecule has 0 bridgehead atoms. The van der Waals surface area contributed by atoms with Crippen molar-refractivity contribution < 1.29 is 17.9 Å². The lowest BCUT2D eigenvalue weighted by Crippen LogP contribution is -2.17. The molecule has 6 heteroatoms. The standard InChI is InChI=1S/C9H6F3N2O/c1-5-13-7-3-2-6(4-8(7)14-5)15-9(10,11)12/h2-4H,1H3. The van der Waals surface area contributed by atoms with Crippen LogP contribution in [0.2, 0.25) is 0 Å². The minimum atomic E-state index is -4.68. The summed E-state index contributed by atoms with van der Waals surface area (Å²) in [6.45, 7) is 1.67. The van der Waals surface area contributed by atoms with E-state index < -0.39 is 6.36 Å². The van der Waals surface area contributed by atoms with Gasteiger partial charge in [0.2, 0.25) is 0 Å². The molecule has 1 aliphatic heterocycles. The number of fused-ring (bicyclic) bond motifs is 1. The molecule has 2 rings (SSSR count). The first-order chi connectivity index (χ1) is 6.94. The van der Waals surface area contributed by atoms with E-state index in [-0.39, 0.29) is 5.75 Å². The molecule has 1 radical (unpaired) electrons. The zero-order valence-corrected chi connectivity index (χ0v) is 7.67. The van der Waals surface area contributed by atoms with Gasteiger partial charge in [-0.3, -0.25) is 0 Å². The van der Waals surface area contributed by atoms with E-state index in [0.717, 1.165) is 0 Å². The largest absolute Gasteiger partial charge is 0.573 e. The monoisotopic (exact) mass is 215 g/mol. The first-order valence-corrected chi connectivity index (χ1v) is 4.11. The number of nitrogens with zero attached hydrogens (tertiary/aromatic N) is 2. The van der Waals surface area contributed by atoms with E-state index in [1.54, 1.807) is 6.92 Å². The van der Waals surface area contributed by atoms with Gasteiger partial charge in [0.1, 0.15) is 11.6 Å². The van der Waals surface area contributed by atoms with Crippen LogP contribution in [-0.2, 0) is 0 Å². The van der Waals surface area contributed by atoms with Gasteiger partial charge < -0.3 is 4.74 Å². The minimum Gasteiger partial charge on any atom is -0.406 e. The van der Waals surface area contributed by atoms with Crippen molar-refractivity contribution in [2.45, 2.75) is 13.3 Å². The van der Waals surface area contributed by atoms with Crippen LogP contribution in [0.25, 0.3) is 0 Å². The Bertz CT molecular complexity index is 426. The second-order valence-corrected chi connectivity index (χ2v) is 2.97. The third-order valence-electron chi connectivity index (χ3n) is 1.74. The second kappa shape index (κ2) is 3.15. The smallest absolute Gasteiger partial charge is 0.406 e. The summed E-state index contributed by atoms with van der Waals surface area (Å²) in [4.78, 5) is 4.00. The lowest BCUT2D eigenvalue weighted by atomic mass is 10.2. The van der Waals surface area contributed by atoms with Gasteiger partial charge in [0.15, 0.2) is 0 Å². The highest BCUT2D eigenvalue weighted by atomic mass is 19.4. The van der Waals surface area contributed by atoms with Gasteiger partial charge in [-0.15, -0.1) is 13.2 Å². The number of alkyl halides is 3. The van der Waals surface area contributed by atoms with Gasteiger partial charge in [-0.25, -0.2) is 10.3 Å². The number of amidine groups is 1. The second-order valence-electron chi connectivity index (χ2n) is 2.97. The van der Waals surface area contributed by atoms with Crippen LogP contribution in [0.3, 0.4) is 0 Å². The molecular weight excluding hydrogens is 209 g/mol. The van der Waals surface area contributed by atoms with E-state index in [9.17, 15) is 13.2 Å². The summed E-state index contributed by atoms with van der Waals surface area (Å²) in [5.41, 5.74) is 0.955. The molecule has 0 unspecified atom stereocenters. The predicted octanol–water partition coefficient (Wildman–Crippen LogP) is 2.88. The van der Waals surface area contributed by atoms with Gasteiger partial charge in [-0.05, 0) is 19.1 Å². The maximum absolute atomic E-state index is 11.9. The number of benzene rings is 1. The Morgan fingerprint density at radius 1 is 1.20 bits per heavy atom. The third kappa shape index (κ3) is 2.20. The predicted molar refractivity (Wildman–Crippen MR) is 47.7 cm³/mol. The van der Waals surface area contributed by atoms with Gasteiger partial charge in [0.05, 0.1) is 11.4 Å². The first-order valence-electron chi connectivity index (χ1n) is 4.11. The Hall–Kier alpha value is -1.72. The summed E-state index contributed by atoms with van der Waals surface area (Å²) in [7, 11) is 0. The fraction of sp³-hybridized carbons (Fsp3) is 0.222. The summed E-state index contributed by atoms with van der Waals surface area (Å²) in [6, 6.07) is 3.86. The van der Waals surface area contributed by atoms with Gasteiger partial charge in [0.25, 0.3) is 0 Å². The number of hydrogen-bond acceptors (Lipinski definition) is 2. The van der Waals surface area contributed by atoms with Crippen molar-refractivity contribution in [3.05, 3.63) is 18.2 Å². The molecule has 0 amide bonds. The number of ether oxygens (including phenoxy) is 1. The first kappa shape index (κ1) is 9.82. The van der Waals surface area contributed by atoms with Crippen LogP contribution in [0, 0.1) is 0 Å². The van der Waals surface area contributed by atoms with Crippen molar-refractivity contribution in [1.29, 1.82) is 0 Å². The van der Waals surface area contributed by atoms with Gasteiger partial charge in [0, 0.05) is 6.07 Å². The van der Waals surface area contributed by atoms with Crippen LogP contribution in [0.5, 0.6) is 5.75 Å². The van der Waals surface area contributed by atoms with Crippen LogP contribution in [0.4, 0.5) is 24.5 Å². The molecule has 1 aromatic carbocycles. The highest BCUT2D eigenvalue weighted by Gasteiger charge is 2.31. The Labute approximate surface area is 83.6 Å². The lowest BCUT2D eigenvalue weighted by Gasteiger charge is -2.08. The van der Waals surface area contributed by atoms with Crippen LogP contribution < -0.4 is 10.1 Å². The molecule has 0 spiro atoms. The molecule has 0 saturated carbocycles. The summed E-state index contributed by atoms with van der Waals surface area (Å²) < 4.78 is 39.4. The van der Waals surface area contributed by atoms with Crippen LogP contribution in [0.1, 0.15) is 6.92 Å². The Morgan fingerprint density at radius 3 is 2.60 bits per heavy atom. The summed E-state index contributed by atoms with van der Waals surface area (Å²) in [5, 5.41) is 3.95. The normalized spacial score (nSPS) is 14.3. The van der Waals surface area contributed by atoms with Crippen molar-refractivity contribution in [3.63, 3.8) is 0 Å². The van der Waals surface area contributed by atoms with Crippen molar-refractivity contribution in [1.82, 2.24) is 5.32 Å². The number of hydrogen-bond donors (Lipinski definition) is 0. The quantitative estimate of drug-likeness (QED) is 0.709. The average Bonchev–Trinajstić information content (AvgIpc) is 2.40. The van der Waals surface area contributed by atoms with E-state index in [2.05, 4.69) is 15.0 Å². The van der Waals surface area contributed by atoms with Crippen LogP contribution in [0.15, 0.2) is 23.2 Å². The number of rotatable bonds is 1. The third-order valence-corrected chi connectivity index (χ3v) is 1.74. The van der Waals surface area contributed by atoms with Crippen LogP contribution in [-0.4, -0.2) is 12.2 Å². The zero-order chi connectivity index (χ0) is 11.1. The van der Waals surface area contributed by atoms with Gasteiger partial charge >= 0.3 is 6.36 Å². The van der Waals surface area contributed by atoms with Crippen molar-refractivity contribution in [2.24, 2.45) is 4.99 Å². The molecule has 0 aliphatic carbocycles. The molecule has 79 valence electrons. The van der Waals surface area contributed by atoms with E-state index in [1.807, 2.05) is 0 Å². The minimum absolute atomic E-state index is 0.282. The molecule has 0 N–H and O–H groups in total. The SMILES string of the molecule is CC1=Nc2ccc(OC(F)(F)F)cc2[N]1. The molecule has 0 fully saturated rings. The molecular formula is C9H6F3N2O. The highest BCUT2D eigenvalue weighted by Crippen LogP contribution is 2.35. The van der Waals surface area contributed by atoms with Crippen molar-refractivity contribution >= 4 is 17.2 Å². The van der Waals surface area contributed by atoms with Crippen molar-refractivity contribution in [3.8, 4) is 5.75 Å². The molecule has 1 heterocycles. The number of halogens is 3. The maximum Gasteiger partial charge on any atom is 0.573 e. The van der Waals surface area contributed by atoms with Crippen LogP contribution >= 0.6 is 0 Å². The Balaban J connectivity index is 2.23. The van der Waals surface area contributed by atoms with Gasteiger partial charge in [-0.2, -0.15) is 0 Å². The average molecular weight is 215 g/mol. The fourth-order valence-electron chi connectivity index (χ4n) is 1.26. The summed E-state index contributed by atoms with van der Waals surface area (Å²) >= 11 is 0. The molecule has 3 nitrogen and oxygen atoms in total. The van der Waals surface area contributed by atoms with E-state index in [1.165, 1.54) is 18.2 Å². The summed E-state index contributed by atoms with van der Waals surface area (Å²) in [5.74, 6) is 0.240. The maximum atomic E-state index is 11.9. The summed E-state index contributed by atoms with van der Waals surface area (Å²) in [6.07, 6.45) is -4.68. The topological polar surface area (TPSA) is 35.7 Å². The molecule has 0 aromatic heterocycles. The fourth-order valence-corrected chi connectivity index (χ4v) is 1.26. The number of aliphatic imine (C=N–C) groups is 1.